The van der Waals surface area contributed by atoms with E-state index in [-0.39, 0.29) is 24.3 Å². The van der Waals surface area contributed by atoms with Crippen LogP contribution in [0, 0.1) is 5.92 Å². The van der Waals surface area contributed by atoms with E-state index >= 15 is 0 Å². The van der Waals surface area contributed by atoms with Crippen molar-refractivity contribution in [1.82, 2.24) is 20.0 Å². The first-order chi connectivity index (χ1) is 15.4. The van der Waals surface area contributed by atoms with Crippen molar-refractivity contribution in [2.24, 2.45) is 5.92 Å². The monoisotopic (exact) mass is 452 g/mol. The largest absolute Gasteiger partial charge is 0.346 e. The topological polar surface area (TPSA) is 121 Å². The number of nitrogens with zero attached hydrogens (tertiary/aromatic N) is 1. The summed E-state index contributed by atoms with van der Waals surface area (Å²) in [4.78, 5) is 32.2. The van der Waals surface area contributed by atoms with Crippen LogP contribution >= 0.6 is 0 Å². The summed E-state index contributed by atoms with van der Waals surface area (Å²) in [6.45, 7) is 0. The van der Waals surface area contributed by atoms with Crippen LogP contribution in [0.15, 0.2) is 48.5 Å². The first kappa shape index (κ1) is 20.7. The summed E-state index contributed by atoms with van der Waals surface area (Å²) in [6, 6.07) is 14.6. The molecule has 1 aliphatic heterocycles. The Labute approximate surface area is 185 Å². The fourth-order valence-electron chi connectivity index (χ4n) is 4.26. The Morgan fingerprint density at radius 3 is 2.50 bits per heavy atom. The second-order valence-electron chi connectivity index (χ2n) is 8.54. The van der Waals surface area contributed by atoms with Gasteiger partial charge < -0.3 is 10.3 Å². The predicted molar refractivity (Wildman–Crippen MR) is 119 cm³/mol. The third-order valence-electron chi connectivity index (χ3n) is 6.32. The van der Waals surface area contributed by atoms with Gasteiger partial charge in [-0.15, -0.1) is 0 Å². The normalized spacial score (nSPS) is 21.1. The van der Waals surface area contributed by atoms with Crippen molar-refractivity contribution in [2.45, 2.75) is 43.4 Å². The van der Waals surface area contributed by atoms with E-state index in [0.717, 1.165) is 35.9 Å². The maximum atomic E-state index is 12.7. The van der Waals surface area contributed by atoms with Crippen LogP contribution in [0.1, 0.15) is 53.9 Å². The number of amides is 2. The lowest BCUT2D eigenvalue weighted by molar-refractivity contribution is -0.128. The summed E-state index contributed by atoms with van der Waals surface area (Å²) < 4.78 is 26.3. The first-order valence-electron chi connectivity index (χ1n) is 10.8. The van der Waals surface area contributed by atoms with Crippen LogP contribution in [0.2, 0.25) is 0 Å². The highest BCUT2D eigenvalue weighted by molar-refractivity contribution is 7.90. The number of carbonyl (C=O) groups excluding carboxylic acids is 2. The van der Waals surface area contributed by atoms with Crippen LogP contribution < -0.4 is 10.0 Å². The minimum Gasteiger partial charge on any atom is -0.346 e. The number of sulfonamides is 1. The quantitative estimate of drug-likeness (QED) is 0.531. The van der Waals surface area contributed by atoms with Crippen molar-refractivity contribution < 1.29 is 18.0 Å². The highest BCUT2D eigenvalue weighted by atomic mass is 32.2. The molecule has 1 saturated heterocycles. The molecule has 1 saturated carbocycles. The third kappa shape index (κ3) is 4.00. The summed E-state index contributed by atoms with van der Waals surface area (Å²) in [5.74, 6) is 0.306. The molecule has 8 nitrogen and oxygen atoms in total. The van der Waals surface area contributed by atoms with E-state index in [1.54, 1.807) is 12.1 Å². The van der Waals surface area contributed by atoms with Gasteiger partial charge in [0.2, 0.25) is 21.8 Å². The van der Waals surface area contributed by atoms with Gasteiger partial charge in [-0.1, -0.05) is 42.8 Å². The minimum atomic E-state index is -3.68. The van der Waals surface area contributed by atoms with Crippen LogP contribution in [0.3, 0.4) is 0 Å². The van der Waals surface area contributed by atoms with Gasteiger partial charge in [0, 0.05) is 5.92 Å². The Morgan fingerprint density at radius 1 is 1.12 bits per heavy atom. The molecular formula is C23H24N4O4S. The highest BCUT2D eigenvalue weighted by Crippen LogP contribution is 2.31. The number of aromatic amines is 1. The summed E-state index contributed by atoms with van der Waals surface area (Å²) in [5, 5.41) is 2.28. The van der Waals surface area contributed by atoms with Crippen LogP contribution in [-0.4, -0.2) is 30.2 Å². The van der Waals surface area contributed by atoms with Crippen LogP contribution in [0.5, 0.6) is 0 Å². The lowest BCUT2D eigenvalue weighted by Crippen LogP contribution is -2.38. The molecule has 3 N–H and O–H groups in total. The average molecular weight is 453 g/mol. The van der Waals surface area contributed by atoms with Crippen molar-refractivity contribution in [3.05, 3.63) is 65.5 Å². The number of aromatic nitrogens is 2. The number of hydrogen-bond acceptors (Lipinski definition) is 5. The van der Waals surface area contributed by atoms with Crippen molar-refractivity contribution in [2.75, 3.05) is 0 Å². The Bertz CT molecular complexity index is 1250. The van der Waals surface area contributed by atoms with Gasteiger partial charge in [-0.05, 0) is 42.5 Å². The van der Waals surface area contributed by atoms with Crippen molar-refractivity contribution in [3.8, 4) is 0 Å². The van der Waals surface area contributed by atoms with E-state index in [1.807, 2.05) is 41.1 Å². The molecule has 32 heavy (non-hydrogen) atoms. The number of para-hydroxylation sites is 2. The van der Waals surface area contributed by atoms with Gasteiger partial charge in [0.1, 0.15) is 11.1 Å². The number of carbonyl (C=O) groups is 2. The molecule has 0 radical (unpaired) electrons. The molecule has 1 aliphatic carbocycles. The van der Waals surface area contributed by atoms with E-state index in [0.29, 0.717) is 17.8 Å². The molecule has 2 atom stereocenters. The number of benzene rings is 2. The second kappa shape index (κ2) is 8.05. The van der Waals surface area contributed by atoms with E-state index in [1.165, 1.54) is 0 Å². The molecular weight excluding hydrogens is 428 g/mol. The standard InChI is InChI=1S/C23H24N4O4S/c28-21-13-20(32(30,31)27-21)15-10-8-14(9-11-15)12-19(26-23(29)16-4-3-5-16)22-24-17-6-1-2-7-18(17)25-22/h1-2,6-11,16,19-20H,3-5,12-13H2,(H,24,25)(H,26,29)(H,27,28)/t19-,20?/m0/s1. The molecule has 2 aliphatic rings. The molecule has 2 heterocycles. The molecule has 3 aromatic rings. The zero-order valence-corrected chi connectivity index (χ0v) is 18.2. The van der Waals surface area contributed by atoms with Gasteiger partial charge >= 0.3 is 0 Å². The molecule has 1 aromatic heterocycles. The number of H-pyrrole nitrogens is 1. The predicted octanol–water partition coefficient (Wildman–Crippen LogP) is 2.65. The van der Waals surface area contributed by atoms with E-state index in [2.05, 4.69) is 15.3 Å². The fraction of sp³-hybridized carbons (Fsp3) is 0.348. The Morgan fingerprint density at radius 2 is 1.88 bits per heavy atom. The second-order valence-corrected chi connectivity index (χ2v) is 10.4. The number of nitrogens with one attached hydrogen (secondary N) is 3. The molecule has 2 amide bonds. The molecule has 9 heteroatoms. The van der Waals surface area contributed by atoms with Gasteiger partial charge in [0.15, 0.2) is 0 Å². The molecule has 1 unspecified atom stereocenters. The molecule has 5 rings (SSSR count). The SMILES string of the molecule is O=C1CC(c2ccc(C[C@H](NC(=O)C3CCC3)c3nc4ccccc4[nH]3)cc2)S(=O)(=O)N1. The minimum absolute atomic E-state index is 0.0416. The average Bonchev–Trinajstić information content (AvgIpc) is 3.26. The zero-order chi connectivity index (χ0) is 22.3. The summed E-state index contributed by atoms with van der Waals surface area (Å²) in [6.07, 6.45) is 3.34. The molecule has 2 fully saturated rings. The van der Waals surface area contributed by atoms with Gasteiger partial charge in [-0.25, -0.2) is 13.4 Å². The fourth-order valence-corrected chi connectivity index (χ4v) is 5.69. The van der Waals surface area contributed by atoms with Crippen LogP contribution in [0.4, 0.5) is 0 Å². The third-order valence-corrected chi connectivity index (χ3v) is 8.02. The van der Waals surface area contributed by atoms with Crippen molar-refractivity contribution in [1.29, 1.82) is 0 Å². The Balaban J connectivity index is 1.39. The maximum Gasteiger partial charge on any atom is 0.242 e. The van der Waals surface area contributed by atoms with Crippen molar-refractivity contribution in [3.63, 3.8) is 0 Å². The summed E-state index contributed by atoms with van der Waals surface area (Å²) in [5.41, 5.74) is 3.25. The molecule has 0 bridgehead atoms. The van der Waals surface area contributed by atoms with E-state index in [4.69, 9.17) is 0 Å². The lowest BCUT2D eigenvalue weighted by atomic mass is 9.84. The van der Waals surface area contributed by atoms with Gasteiger partial charge in [-0.3, -0.25) is 14.3 Å². The smallest absolute Gasteiger partial charge is 0.242 e. The van der Waals surface area contributed by atoms with Gasteiger partial charge in [0.05, 0.1) is 23.5 Å². The number of fused-ring (bicyclic) bond motifs is 1. The number of imidazole rings is 1. The lowest BCUT2D eigenvalue weighted by Gasteiger charge is -2.27. The van der Waals surface area contributed by atoms with Gasteiger partial charge in [-0.2, -0.15) is 0 Å². The summed E-state index contributed by atoms with van der Waals surface area (Å²) >= 11 is 0. The van der Waals surface area contributed by atoms with E-state index < -0.39 is 21.2 Å². The molecule has 166 valence electrons. The maximum absolute atomic E-state index is 12.7. The van der Waals surface area contributed by atoms with Crippen LogP contribution in [0.25, 0.3) is 11.0 Å². The Hall–Kier alpha value is -3.20. The van der Waals surface area contributed by atoms with E-state index in [9.17, 15) is 18.0 Å². The first-order valence-corrected chi connectivity index (χ1v) is 12.3. The molecule has 2 aromatic carbocycles. The number of hydrogen-bond donors (Lipinski definition) is 3. The van der Waals surface area contributed by atoms with Gasteiger partial charge in [0.25, 0.3) is 0 Å². The number of rotatable bonds is 6. The molecule has 0 spiro atoms. The Kier molecular flexibility index (Phi) is 5.21. The highest BCUT2D eigenvalue weighted by Gasteiger charge is 2.37. The van der Waals surface area contributed by atoms with Crippen molar-refractivity contribution >= 4 is 32.9 Å². The summed E-state index contributed by atoms with van der Waals surface area (Å²) in [7, 11) is -3.68. The zero-order valence-electron chi connectivity index (χ0n) is 17.4. The van der Waals surface area contributed by atoms with Crippen LogP contribution in [-0.2, 0) is 26.0 Å².